The maximum atomic E-state index is 4.18. The van der Waals surface area contributed by atoms with Gasteiger partial charge in [-0.1, -0.05) is 34.1 Å². The summed E-state index contributed by atoms with van der Waals surface area (Å²) in [4.78, 5) is 0. The lowest BCUT2D eigenvalue weighted by Gasteiger charge is -2.19. The van der Waals surface area contributed by atoms with E-state index in [1.807, 2.05) is 13.2 Å². The Morgan fingerprint density at radius 3 is 2.84 bits per heavy atom. The molecule has 0 bridgehead atoms. The van der Waals surface area contributed by atoms with Gasteiger partial charge in [-0.2, -0.15) is 0 Å². The third kappa shape index (κ3) is 3.64. The van der Waals surface area contributed by atoms with Crippen molar-refractivity contribution in [2.75, 3.05) is 6.54 Å². The highest BCUT2D eigenvalue weighted by molar-refractivity contribution is 9.10. The second-order valence-corrected chi connectivity index (χ2v) is 5.61. The molecule has 0 aliphatic heterocycles. The van der Waals surface area contributed by atoms with Crippen LogP contribution in [-0.4, -0.2) is 21.5 Å². The van der Waals surface area contributed by atoms with Crippen LogP contribution in [-0.2, 0) is 13.5 Å². The Bertz CT molecular complexity index is 550. The topological polar surface area (TPSA) is 42.7 Å². The van der Waals surface area contributed by atoms with E-state index >= 15 is 0 Å². The van der Waals surface area contributed by atoms with Gasteiger partial charge in [0.1, 0.15) is 0 Å². The van der Waals surface area contributed by atoms with Crippen molar-refractivity contribution < 1.29 is 0 Å². The molecule has 2 rings (SSSR count). The van der Waals surface area contributed by atoms with Crippen molar-refractivity contribution in [3.8, 4) is 0 Å². The maximum Gasteiger partial charge on any atom is 0.0845 e. The van der Waals surface area contributed by atoms with Gasteiger partial charge in [-0.05, 0) is 36.7 Å². The van der Waals surface area contributed by atoms with Crippen molar-refractivity contribution in [1.82, 2.24) is 20.3 Å². The summed E-state index contributed by atoms with van der Waals surface area (Å²) in [6.07, 6.45) is 2.82. The first kappa shape index (κ1) is 14.2. The molecule has 102 valence electrons. The zero-order valence-electron chi connectivity index (χ0n) is 11.5. The van der Waals surface area contributed by atoms with Crippen LogP contribution in [0.1, 0.15) is 29.8 Å². The van der Waals surface area contributed by atoms with Crippen molar-refractivity contribution >= 4 is 15.9 Å². The Morgan fingerprint density at radius 1 is 1.42 bits per heavy atom. The Balaban J connectivity index is 2.26. The summed E-state index contributed by atoms with van der Waals surface area (Å²) in [5, 5.41) is 11.7. The fraction of sp³-hybridized carbons (Fsp3) is 0.429. The molecule has 0 fully saturated rings. The summed E-state index contributed by atoms with van der Waals surface area (Å²) in [5.41, 5.74) is 3.60. The molecule has 1 atom stereocenters. The van der Waals surface area contributed by atoms with E-state index in [-0.39, 0.29) is 6.04 Å². The van der Waals surface area contributed by atoms with E-state index in [1.165, 1.54) is 11.1 Å². The van der Waals surface area contributed by atoms with Gasteiger partial charge in [-0.25, -0.2) is 0 Å². The fourth-order valence-electron chi connectivity index (χ4n) is 2.22. The van der Waals surface area contributed by atoms with Gasteiger partial charge in [0.15, 0.2) is 0 Å². The third-order valence-corrected chi connectivity index (χ3v) is 3.62. The van der Waals surface area contributed by atoms with Gasteiger partial charge >= 0.3 is 0 Å². The first-order chi connectivity index (χ1) is 9.10. The van der Waals surface area contributed by atoms with Crippen LogP contribution in [0.2, 0.25) is 0 Å². The molecule has 0 saturated heterocycles. The number of aryl methyl sites for hydroxylation is 2. The third-order valence-electron chi connectivity index (χ3n) is 3.13. The van der Waals surface area contributed by atoms with Gasteiger partial charge in [0.05, 0.1) is 5.69 Å². The van der Waals surface area contributed by atoms with E-state index in [2.05, 4.69) is 63.6 Å². The second kappa shape index (κ2) is 6.30. The summed E-state index contributed by atoms with van der Waals surface area (Å²) < 4.78 is 2.85. The van der Waals surface area contributed by atoms with E-state index in [4.69, 9.17) is 0 Å². The van der Waals surface area contributed by atoms with Crippen LogP contribution in [0.15, 0.2) is 28.9 Å². The molecule has 1 aromatic heterocycles. The molecule has 0 spiro atoms. The van der Waals surface area contributed by atoms with Crippen LogP contribution in [0.25, 0.3) is 0 Å². The molecule has 1 N–H and O–H groups in total. The van der Waals surface area contributed by atoms with Crippen LogP contribution in [0.5, 0.6) is 0 Å². The number of rotatable bonds is 5. The minimum absolute atomic E-state index is 0.263. The largest absolute Gasteiger partial charge is 0.310 e. The number of hydrogen-bond donors (Lipinski definition) is 1. The van der Waals surface area contributed by atoms with Crippen LogP contribution >= 0.6 is 15.9 Å². The summed E-state index contributed by atoms with van der Waals surface area (Å²) in [5.74, 6) is 0. The monoisotopic (exact) mass is 322 g/mol. The number of hydrogen-bond acceptors (Lipinski definition) is 3. The second-order valence-electron chi connectivity index (χ2n) is 4.70. The standard InChI is InChI=1S/C14H19BrN4/c1-4-16-14(8-12-9-19(3)18-17-12)13-7-11(15)6-5-10(13)2/h5-7,9,14,16H,4,8H2,1-3H3. The van der Waals surface area contributed by atoms with E-state index in [0.29, 0.717) is 0 Å². The minimum Gasteiger partial charge on any atom is -0.310 e. The quantitative estimate of drug-likeness (QED) is 0.920. The first-order valence-corrected chi connectivity index (χ1v) is 7.24. The molecule has 5 heteroatoms. The molecule has 4 nitrogen and oxygen atoms in total. The molecular weight excluding hydrogens is 304 g/mol. The normalized spacial score (nSPS) is 12.6. The summed E-state index contributed by atoms with van der Waals surface area (Å²) in [6, 6.07) is 6.66. The smallest absolute Gasteiger partial charge is 0.0845 e. The minimum atomic E-state index is 0.263. The molecule has 19 heavy (non-hydrogen) atoms. The molecule has 1 aromatic carbocycles. The molecule has 1 heterocycles. The number of halogens is 1. The number of aromatic nitrogens is 3. The van der Waals surface area contributed by atoms with Gasteiger partial charge in [-0.15, -0.1) is 5.10 Å². The molecule has 1 unspecified atom stereocenters. The lowest BCUT2D eigenvalue weighted by atomic mass is 9.97. The van der Waals surface area contributed by atoms with Gasteiger partial charge in [0.25, 0.3) is 0 Å². The highest BCUT2D eigenvalue weighted by Crippen LogP contribution is 2.24. The zero-order chi connectivity index (χ0) is 13.8. The maximum absolute atomic E-state index is 4.18. The lowest BCUT2D eigenvalue weighted by molar-refractivity contribution is 0.541. The predicted molar refractivity (Wildman–Crippen MR) is 80.0 cm³/mol. The molecular formula is C14H19BrN4. The van der Waals surface area contributed by atoms with E-state index in [9.17, 15) is 0 Å². The summed E-state index contributed by atoms with van der Waals surface area (Å²) >= 11 is 3.55. The van der Waals surface area contributed by atoms with Gasteiger partial charge in [0.2, 0.25) is 0 Å². The van der Waals surface area contributed by atoms with E-state index < -0.39 is 0 Å². The van der Waals surface area contributed by atoms with Crippen LogP contribution in [0.4, 0.5) is 0 Å². The molecule has 0 radical (unpaired) electrons. The lowest BCUT2D eigenvalue weighted by Crippen LogP contribution is -2.24. The summed E-state index contributed by atoms with van der Waals surface area (Å²) in [7, 11) is 1.89. The number of nitrogens with zero attached hydrogens (tertiary/aromatic N) is 3. The van der Waals surface area contributed by atoms with Crippen molar-refractivity contribution in [2.45, 2.75) is 26.3 Å². The number of nitrogens with one attached hydrogen (secondary N) is 1. The van der Waals surface area contributed by atoms with Crippen molar-refractivity contribution in [3.63, 3.8) is 0 Å². The van der Waals surface area contributed by atoms with Gasteiger partial charge in [0, 0.05) is 30.2 Å². The first-order valence-electron chi connectivity index (χ1n) is 6.44. The van der Waals surface area contributed by atoms with Gasteiger partial charge in [-0.3, -0.25) is 4.68 Å². The molecule has 0 amide bonds. The average molecular weight is 323 g/mol. The van der Waals surface area contributed by atoms with Crippen LogP contribution in [0, 0.1) is 6.92 Å². The molecule has 0 aliphatic carbocycles. The Morgan fingerprint density at radius 2 is 2.21 bits per heavy atom. The van der Waals surface area contributed by atoms with Crippen molar-refractivity contribution in [2.24, 2.45) is 7.05 Å². The summed E-state index contributed by atoms with van der Waals surface area (Å²) in [6.45, 7) is 5.19. The fourth-order valence-corrected chi connectivity index (χ4v) is 2.60. The average Bonchev–Trinajstić information content (AvgIpc) is 2.77. The number of likely N-dealkylation sites (N-methyl/N-ethyl adjacent to an activating group) is 1. The molecule has 2 aromatic rings. The van der Waals surface area contributed by atoms with Crippen molar-refractivity contribution in [1.29, 1.82) is 0 Å². The van der Waals surface area contributed by atoms with Gasteiger partial charge < -0.3 is 5.32 Å². The Labute approximate surface area is 122 Å². The van der Waals surface area contributed by atoms with Crippen LogP contribution < -0.4 is 5.32 Å². The van der Waals surface area contributed by atoms with E-state index in [1.54, 1.807) is 4.68 Å². The zero-order valence-corrected chi connectivity index (χ0v) is 13.1. The highest BCUT2D eigenvalue weighted by atomic mass is 79.9. The Hall–Kier alpha value is -1.20. The Kier molecular flexibility index (Phi) is 4.71. The highest BCUT2D eigenvalue weighted by Gasteiger charge is 2.15. The molecule has 0 aliphatic rings. The van der Waals surface area contributed by atoms with E-state index in [0.717, 1.165) is 23.1 Å². The number of benzene rings is 1. The predicted octanol–water partition coefficient (Wildman–Crippen LogP) is 2.78. The van der Waals surface area contributed by atoms with Crippen molar-refractivity contribution in [3.05, 3.63) is 45.7 Å². The molecule has 0 saturated carbocycles. The van der Waals surface area contributed by atoms with Crippen LogP contribution in [0.3, 0.4) is 0 Å². The SMILES string of the molecule is CCNC(Cc1cn(C)nn1)c1cc(Br)ccc1C.